The normalized spacial score (nSPS) is 30.1. The molecule has 36 heavy (non-hydrogen) atoms. The average molecular weight is 495 g/mol. The summed E-state index contributed by atoms with van der Waals surface area (Å²) in [4.78, 5) is 22.4. The maximum Gasteiger partial charge on any atom is 0.229 e. The van der Waals surface area contributed by atoms with Gasteiger partial charge in [-0.15, -0.1) is 0 Å². The van der Waals surface area contributed by atoms with Gasteiger partial charge < -0.3 is 24.8 Å². The van der Waals surface area contributed by atoms with Crippen molar-refractivity contribution >= 4 is 28.2 Å². The summed E-state index contributed by atoms with van der Waals surface area (Å²) in [6, 6.07) is 6.51. The molecule has 8 nitrogen and oxygen atoms in total. The summed E-state index contributed by atoms with van der Waals surface area (Å²) in [5, 5.41) is 15.7. The quantitative estimate of drug-likeness (QED) is 0.661. The van der Waals surface area contributed by atoms with Crippen LogP contribution in [0, 0.1) is 11.3 Å². The van der Waals surface area contributed by atoms with E-state index in [1.807, 2.05) is 12.3 Å². The first kappa shape index (κ1) is 24.1. The van der Waals surface area contributed by atoms with E-state index >= 15 is 0 Å². The Morgan fingerprint density at radius 1 is 1.14 bits per heavy atom. The fraction of sp³-hybridized carbons (Fsp3) is 0.643. The predicted octanol–water partition coefficient (Wildman–Crippen LogP) is 2.82. The van der Waals surface area contributed by atoms with E-state index in [1.54, 1.807) is 0 Å². The van der Waals surface area contributed by atoms with Gasteiger partial charge in [-0.1, -0.05) is 6.92 Å². The molecule has 0 unspecified atom stereocenters. The van der Waals surface area contributed by atoms with E-state index in [0.717, 1.165) is 75.8 Å². The summed E-state index contributed by atoms with van der Waals surface area (Å²) < 4.78 is 11.1. The molecule has 1 aromatic carbocycles. The standard InChI is InChI=1S/C28H38N4O4/c1-3-19-12-21-16-29-25(30-26(34)22-15-28(22)4-10-35-11-5-28)14-20(21)13-23(19)31-6-8-32(9-7-31)27(2)18-36-17-24(27)33/h12-14,16,22,24,33H,3-11,15,17-18H2,1-2H3,(H,29,30,34)/t22-,24-,27+/m0/s1. The number of fused-ring (bicyclic) bond motifs is 1. The van der Waals surface area contributed by atoms with Crippen LogP contribution in [0.5, 0.6) is 0 Å². The van der Waals surface area contributed by atoms with Gasteiger partial charge in [0, 0.05) is 62.6 Å². The number of aliphatic hydroxyl groups is 1. The Balaban J connectivity index is 1.18. The highest BCUT2D eigenvalue weighted by atomic mass is 16.5. The van der Waals surface area contributed by atoms with Crippen LogP contribution >= 0.6 is 0 Å². The number of aryl methyl sites for hydroxylation is 1. The Labute approximate surface area is 212 Å². The van der Waals surface area contributed by atoms with Crippen LogP contribution in [0.2, 0.25) is 0 Å². The molecule has 3 saturated heterocycles. The Morgan fingerprint density at radius 2 is 1.92 bits per heavy atom. The van der Waals surface area contributed by atoms with E-state index in [-0.39, 0.29) is 22.8 Å². The van der Waals surface area contributed by atoms with Crippen molar-refractivity contribution in [2.45, 2.75) is 51.2 Å². The zero-order chi connectivity index (χ0) is 24.9. The molecule has 4 heterocycles. The van der Waals surface area contributed by atoms with Gasteiger partial charge in [0.2, 0.25) is 5.91 Å². The summed E-state index contributed by atoms with van der Waals surface area (Å²) in [5.74, 6) is 0.806. The van der Waals surface area contributed by atoms with Gasteiger partial charge in [-0.3, -0.25) is 9.69 Å². The van der Waals surface area contributed by atoms with E-state index in [4.69, 9.17) is 9.47 Å². The summed E-state index contributed by atoms with van der Waals surface area (Å²) >= 11 is 0. The number of anilines is 2. The highest BCUT2D eigenvalue weighted by Crippen LogP contribution is 2.59. The molecule has 1 amide bonds. The molecule has 6 rings (SSSR count). The minimum Gasteiger partial charge on any atom is -0.389 e. The molecule has 3 aliphatic heterocycles. The second-order valence-electron chi connectivity index (χ2n) is 11.3. The molecule has 1 spiro atoms. The van der Waals surface area contributed by atoms with Crippen molar-refractivity contribution in [1.29, 1.82) is 0 Å². The predicted molar refractivity (Wildman–Crippen MR) is 139 cm³/mol. The lowest BCUT2D eigenvalue weighted by molar-refractivity contribution is -0.118. The summed E-state index contributed by atoms with van der Waals surface area (Å²) in [7, 11) is 0. The molecular formula is C28H38N4O4. The Bertz CT molecular complexity index is 1140. The SMILES string of the molecule is CCc1cc2cnc(NC(=O)[C@@H]3CC34CCOCC4)cc2cc1N1CCN([C@]2(C)COC[C@@H]2O)CC1. The molecule has 2 N–H and O–H groups in total. The molecule has 0 bridgehead atoms. The number of nitrogens with one attached hydrogen (secondary N) is 1. The number of carbonyl (C=O) groups is 1. The van der Waals surface area contributed by atoms with Crippen LogP contribution in [0.3, 0.4) is 0 Å². The number of aliphatic hydroxyl groups excluding tert-OH is 1. The lowest BCUT2D eigenvalue weighted by Gasteiger charge is -2.45. The number of ether oxygens (including phenoxy) is 2. The molecule has 1 aromatic heterocycles. The minimum absolute atomic E-state index is 0.0823. The third-order valence-electron chi connectivity index (χ3n) is 9.28. The topological polar surface area (TPSA) is 87.2 Å². The Kier molecular flexibility index (Phi) is 6.19. The van der Waals surface area contributed by atoms with Gasteiger partial charge >= 0.3 is 0 Å². The lowest BCUT2D eigenvalue weighted by Crippen LogP contribution is -2.60. The number of benzene rings is 1. The summed E-state index contributed by atoms with van der Waals surface area (Å²) in [5.41, 5.74) is 2.42. The number of hydrogen-bond donors (Lipinski definition) is 2. The van der Waals surface area contributed by atoms with E-state index in [1.165, 1.54) is 11.3 Å². The Morgan fingerprint density at radius 3 is 2.61 bits per heavy atom. The fourth-order valence-electron chi connectivity index (χ4n) is 6.55. The third kappa shape index (κ3) is 4.18. The second-order valence-corrected chi connectivity index (χ2v) is 11.3. The number of hydrogen-bond acceptors (Lipinski definition) is 7. The van der Waals surface area contributed by atoms with Crippen molar-refractivity contribution in [3.63, 3.8) is 0 Å². The van der Waals surface area contributed by atoms with Crippen molar-refractivity contribution in [3.8, 4) is 0 Å². The maximum absolute atomic E-state index is 13.0. The number of carbonyl (C=O) groups excluding carboxylic acids is 1. The van der Waals surface area contributed by atoms with Crippen LogP contribution in [-0.2, 0) is 20.7 Å². The first-order chi connectivity index (χ1) is 17.4. The van der Waals surface area contributed by atoms with Crippen LogP contribution in [0.15, 0.2) is 24.4 Å². The number of aromatic nitrogens is 1. The minimum atomic E-state index is -0.436. The van der Waals surface area contributed by atoms with Gasteiger partial charge in [-0.2, -0.15) is 0 Å². The molecule has 4 aliphatic rings. The van der Waals surface area contributed by atoms with Crippen LogP contribution in [0.1, 0.15) is 38.7 Å². The second kappa shape index (κ2) is 9.24. The maximum atomic E-state index is 13.0. The zero-order valence-corrected chi connectivity index (χ0v) is 21.5. The molecule has 2 aromatic rings. The van der Waals surface area contributed by atoms with Gasteiger partial charge in [-0.05, 0) is 67.2 Å². The van der Waals surface area contributed by atoms with Crippen molar-refractivity contribution in [1.82, 2.24) is 9.88 Å². The highest BCUT2D eigenvalue weighted by Gasteiger charge is 2.58. The lowest BCUT2D eigenvalue weighted by atomic mass is 9.93. The number of rotatable bonds is 5. The van der Waals surface area contributed by atoms with E-state index in [0.29, 0.717) is 19.0 Å². The first-order valence-corrected chi connectivity index (χ1v) is 13.5. The van der Waals surface area contributed by atoms with Crippen LogP contribution in [-0.4, -0.2) is 85.1 Å². The molecule has 0 radical (unpaired) electrons. The smallest absolute Gasteiger partial charge is 0.229 e. The molecule has 1 aliphatic carbocycles. The highest BCUT2D eigenvalue weighted by molar-refractivity contribution is 5.97. The molecule has 4 fully saturated rings. The van der Waals surface area contributed by atoms with Gasteiger partial charge in [0.15, 0.2) is 0 Å². The molecule has 8 heteroatoms. The molecule has 1 saturated carbocycles. The largest absolute Gasteiger partial charge is 0.389 e. The van der Waals surface area contributed by atoms with Crippen LogP contribution in [0.25, 0.3) is 10.8 Å². The first-order valence-electron chi connectivity index (χ1n) is 13.5. The number of pyridine rings is 1. The van der Waals surface area contributed by atoms with E-state index < -0.39 is 6.10 Å². The average Bonchev–Trinajstić information content (AvgIpc) is 3.48. The van der Waals surface area contributed by atoms with Crippen LogP contribution < -0.4 is 10.2 Å². The summed E-state index contributed by atoms with van der Waals surface area (Å²) in [6.45, 7) is 10.4. The van der Waals surface area contributed by atoms with Crippen molar-refractivity contribution in [2.24, 2.45) is 11.3 Å². The van der Waals surface area contributed by atoms with E-state index in [2.05, 4.69) is 46.1 Å². The molecule has 3 atom stereocenters. The number of nitrogens with zero attached hydrogens (tertiary/aromatic N) is 3. The summed E-state index contributed by atoms with van der Waals surface area (Å²) in [6.07, 6.45) is 5.32. The van der Waals surface area contributed by atoms with Gasteiger partial charge in [-0.25, -0.2) is 4.98 Å². The van der Waals surface area contributed by atoms with Crippen LogP contribution in [0.4, 0.5) is 11.5 Å². The van der Waals surface area contributed by atoms with Gasteiger partial charge in [0.05, 0.1) is 24.9 Å². The fourth-order valence-corrected chi connectivity index (χ4v) is 6.55. The number of amides is 1. The molecular weight excluding hydrogens is 456 g/mol. The van der Waals surface area contributed by atoms with Gasteiger partial charge in [0.25, 0.3) is 0 Å². The van der Waals surface area contributed by atoms with Crippen molar-refractivity contribution in [3.05, 3.63) is 30.0 Å². The third-order valence-corrected chi connectivity index (χ3v) is 9.28. The number of piperazine rings is 1. The van der Waals surface area contributed by atoms with Crippen molar-refractivity contribution < 1.29 is 19.4 Å². The molecule has 194 valence electrons. The zero-order valence-electron chi connectivity index (χ0n) is 21.5. The Hall–Kier alpha value is -2.26. The van der Waals surface area contributed by atoms with E-state index in [9.17, 15) is 9.90 Å². The monoisotopic (exact) mass is 494 g/mol. The van der Waals surface area contributed by atoms with Gasteiger partial charge in [0.1, 0.15) is 5.82 Å². The van der Waals surface area contributed by atoms with Crippen molar-refractivity contribution in [2.75, 3.05) is 62.8 Å².